The zero-order valence-corrected chi connectivity index (χ0v) is 19.4. The lowest BCUT2D eigenvalue weighted by Gasteiger charge is -2.20. The molecule has 0 aliphatic heterocycles. The number of hydrogen-bond donors (Lipinski definition) is 1. The lowest BCUT2D eigenvalue weighted by atomic mass is 9.95. The van der Waals surface area contributed by atoms with Gasteiger partial charge in [-0.05, 0) is 39.2 Å². The number of amides is 1. The summed E-state index contributed by atoms with van der Waals surface area (Å²) < 4.78 is 11.8. The Bertz CT molecular complexity index is 1170. The lowest BCUT2D eigenvalue weighted by Crippen LogP contribution is -2.28. The number of nitrogens with one attached hydrogen (secondary N) is 1. The number of carbonyl (C=O) groups excluding carboxylic acids is 2. The van der Waals surface area contributed by atoms with E-state index < -0.39 is 17.1 Å². The van der Waals surface area contributed by atoms with Crippen molar-refractivity contribution in [3.63, 3.8) is 0 Å². The molecule has 4 rings (SSSR count). The van der Waals surface area contributed by atoms with Crippen LogP contribution in [0.15, 0.2) is 42.9 Å². The van der Waals surface area contributed by atoms with E-state index in [2.05, 4.69) is 20.4 Å². The van der Waals surface area contributed by atoms with Crippen LogP contribution in [-0.2, 0) is 26.7 Å². The maximum Gasteiger partial charge on any atom is 0.413 e. The second kappa shape index (κ2) is 8.31. The summed E-state index contributed by atoms with van der Waals surface area (Å²) >= 11 is 0. The third-order valence-corrected chi connectivity index (χ3v) is 5.55. The van der Waals surface area contributed by atoms with Crippen molar-refractivity contribution in [2.45, 2.75) is 44.6 Å². The highest BCUT2D eigenvalue weighted by molar-refractivity contribution is 5.89. The first-order valence-corrected chi connectivity index (χ1v) is 10.7. The first kappa shape index (κ1) is 22.4. The van der Waals surface area contributed by atoms with E-state index in [-0.39, 0.29) is 5.97 Å². The van der Waals surface area contributed by atoms with Gasteiger partial charge < -0.3 is 9.47 Å². The van der Waals surface area contributed by atoms with Gasteiger partial charge in [0, 0.05) is 12.6 Å². The topological polar surface area (TPSA) is 108 Å². The van der Waals surface area contributed by atoms with Crippen LogP contribution in [0, 0.1) is 0 Å². The second-order valence-corrected chi connectivity index (χ2v) is 9.10. The van der Waals surface area contributed by atoms with Gasteiger partial charge in [0.05, 0.1) is 48.1 Å². The van der Waals surface area contributed by atoms with E-state index >= 15 is 0 Å². The number of benzene rings is 1. The van der Waals surface area contributed by atoms with Crippen LogP contribution in [0.3, 0.4) is 0 Å². The Labute approximate surface area is 192 Å². The smallest absolute Gasteiger partial charge is 0.413 e. The van der Waals surface area contributed by atoms with Crippen molar-refractivity contribution in [3.05, 3.63) is 48.4 Å². The van der Waals surface area contributed by atoms with Gasteiger partial charge in [-0.1, -0.05) is 24.3 Å². The average Bonchev–Trinajstić information content (AvgIpc) is 3.52. The summed E-state index contributed by atoms with van der Waals surface area (Å²) in [4.78, 5) is 33.4. The maximum atomic E-state index is 12.2. The van der Waals surface area contributed by atoms with Crippen molar-refractivity contribution < 1.29 is 19.1 Å². The second-order valence-electron chi connectivity index (χ2n) is 9.10. The number of aromatic nitrogens is 4. The molecule has 9 heteroatoms. The molecule has 33 heavy (non-hydrogen) atoms. The minimum Gasteiger partial charge on any atom is -0.468 e. The van der Waals surface area contributed by atoms with Gasteiger partial charge in [-0.25, -0.2) is 4.79 Å². The number of anilines is 1. The SMILES string of the molecule is COC(=O)C1(c2ccc(-c3cnc(-c4cnn(C)c4NC(=O)OC(C)(C)C)cn3)cc2)CC1. The highest BCUT2D eigenvalue weighted by atomic mass is 16.6. The Kier molecular flexibility index (Phi) is 5.65. The number of ether oxygens (including phenoxy) is 2. The van der Waals surface area contributed by atoms with Gasteiger partial charge in [-0.3, -0.25) is 24.8 Å². The Morgan fingerprint density at radius 2 is 1.67 bits per heavy atom. The molecule has 1 N–H and O–H groups in total. The molecule has 1 saturated carbocycles. The predicted octanol–water partition coefficient (Wildman–Crippen LogP) is 4.10. The molecule has 0 saturated heterocycles. The van der Waals surface area contributed by atoms with E-state index in [1.54, 1.807) is 51.1 Å². The van der Waals surface area contributed by atoms with E-state index in [4.69, 9.17) is 9.47 Å². The number of nitrogens with zero attached hydrogens (tertiary/aromatic N) is 4. The minimum atomic E-state index is -0.615. The Morgan fingerprint density at radius 3 is 2.21 bits per heavy atom. The summed E-state index contributed by atoms with van der Waals surface area (Å²) in [6, 6.07) is 7.75. The van der Waals surface area contributed by atoms with Crippen LogP contribution in [0.4, 0.5) is 10.6 Å². The fourth-order valence-corrected chi connectivity index (χ4v) is 3.68. The summed E-state index contributed by atoms with van der Waals surface area (Å²) in [6.45, 7) is 5.40. The minimum absolute atomic E-state index is 0.188. The summed E-state index contributed by atoms with van der Waals surface area (Å²) in [5.41, 5.74) is 2.62. The van der Waals surface area contributed by atoms with Gasteiger partial charge >= 0.3 is 12.1 Å². The van der Waals surface area contributed by atoms with Gasteiger partial charge in [-0.2, -0.15) is 5.10 Å². The fraction of sp³-hybridized carbons (Fsp3) is 0.375. The molecule has 0 radical (unpaired) electrons. The zero-order valence-electron chi connectivity index (χ0n) is 19.4. The molecule has 1 aliphatic rings. The summed E-state index contributed by atoms with van der Waals surface area (Å²) in [6.07, 6.45) is 5.96. The quantitative estimate of drug-likeness (QED) is 0.584. The van der Waals surface area contributed by atoms with Crippen LogP contribution in [0.1, 0.15) is 39.2 Å². The molecule has 0 unspecified atom stereocenters. The van der Waals surface area contributed by atoms with Crippen LogP contribution < -0.4 is 5.32 Å². The molecule has 1 fully saturated rings. The number of esters is 1. The van der Waals surface area contributed by atoms with Gasteiger partial charge in [0.1, 0.15) is 11.4 Å². The molecule has 0 atom stereocenters. The van der Waals surface area contributed by atoms with Crippen LogP contribution in [0.2, 0.25) is 0 Å². The van der Waals surface area contributed by atoms with Crippen molar-refractivity contribution in [3.8, 4) is 22.5 Å². The van der Waals surface area contributed by atoms with E-state index in [1.807, 2.05) is 24.3 Å². The number of methoxy groups -OCH3 is 1. The summed E-state index contributed by atoms with van der Waals surface area (Å²) in [5.74, 6) is 0.278. The fourth-order valence-electron chi connectivity index (χ4n) is 3.68. The molecular formula is C24H27N5O4. The van der Waals surface area contributed by atoms with Crippen molar-refractivity contribution in [1.29, 1.82) is 0 Å². The zero-order chi connectivity index (χ0) is 23.8. The van der Waals surface area contributed by atoms with E-state index in [1.165, 1.54) is 7.11 Å². The average molecular weight is 450 g/mol. The van der Waals surface area contributed by atoms with Crippen LogP contribution in [0.5, 0.6) is 0 Å². The third kappa shape index (κ3) is 4.57. The molecular weight excluding hydrogens is 422 g/mol. The summed E-state index contributed by atoms with van der Waals surface area (Å²) in [5, 5.41) is 6.96. The molecule has 0 bridgehead atoms. The first-order chi connectivity index (χ1) is 15.6. The first-order valence-electron chi connectivity index (χ1n) is 10.7. The molecule has 2 heterocycles. The Morgan fingerprint density at radius 1 is 1.03 bits per heavy atom. The summed E-state index contributed by atoms with van der Waals surface area (Å²) in [7, 11) is 3.14. The van der Waals surface area contributed by atoms with E-state index in [9.17, 15) is 9.59 Å². The molecule has 1 amide bonds. The highest BCUT2D eigenvalue weighted by Crippen LogP contribution is 2.49. The van der Waals surface area contributed by atoms with Crippen LogP contribution >= 0.6 is 0 Å². The van der Waals surface area contributed by atoms with Crippen molar-refractivity contribution >= 4 is 17.9 Å². The number of aryl methyl sites for hydroxylation is 1. The lowest BCUT2D eigenvalue weighted by molar-refractivity contribution is -0.143. The largest absolute Gasteiger partial charge is 0.468 e. The Hall–Kier alpha value is -3.75. The van der Waals surface area contributed by atoms with Gasteiger partial charge in [0.2, 0.25) is 0 Å². The predicted molar refractivity (Wildman–Crippen MR) is 122 cm³/mol. The standard InChI is InChI=1S/C24H27N5O4/c1-23(2,3)33-22(31)28-20-17(12-27-29(20)4)19-14-25-18(13-26-19)15-6-8-16(9-7-15)24(10-11-24)21(30)32-5/h6-9,12-14H,10-11H2,1-5H3,(H,28,31). The van der Waals surface area contributed by atoms with Crippen LogP contribution in [-0.4, -0.2) is 44.5 Å². The number of rotatable bonds is 5. The molecule has 0 spiro atoms. The number of hydrogen-bond acceptors (Lipinski definition) is 7. The van der Waals surface area contributed by atoms with Gasteiger partial charge in [0.15, 0.2) is 0 Å². The maximum absolute atomic E-state index is 12.2. The van der Waals surface area contributed by atoms with Crippen molar-refractivity contribution in [2.75, 3.05) is 12.4 Å². The Balaban J connectivity index is 1.53. The van der Waals surface area contributed by atoms with Crippen molar-refractivity contribution in [2.24, 2.45) is 7.05 Å². The number of carbonyl (C=O) groups is 2. The van der Waals surface area contributed by atoms with E-state index in [0.717, 1.165) is 24.0 Å². The van der Waals surface area contributed by atoms with Crippen molar-refractivity contribution in [1.82, 2.24) is 19.7 Å². The molecule has 2 aromatic heterocycles. The molecule has 172 valence electrons. The molecule has 3 aromatic rings. The molecule has 1 aromatic carbocycles. The van der Waals surface area contributed by atoms with Crippen LogP contribution in [0.25, 0.3) is 22.5 Å². The monoisotopic (exact) mass is 449 g/mol. The molecule has 1 aliphatic carbocycles. The highest BCUT2D eigenvalue weighted by Gasteiger charge is 2.52. The van der Waals surface area contributed by atoms with Gasteiger partial charge in [-0.15, -0.1) is 0 Å². The molecule has 9 nitrogen and oxygen atoms in total. The third-order valence-electron chi connectivity index (χ3n) is 5.55. The van der Waals surface area contributed by atoms with E-state index in [0.29, 0.717) is 22.8 Å². The van der Waals surface area contributed by atoms with Gasteiger partial charge in [0.25, 0.3) is 0 Å². The normalized spacial score (nSPS) is 14.5.